The van der Waals surface area contributed by atoms with Crippen LogP contribution in [0, 0.1) is 0 Å². The standard InChI is InChI=1S/C17H18ClNO3/c1-22-16(21)10-11-19-15(20)9-8-13-7-6-12-4-2-3-5-14(12)17(13)18/h2-5,8-9H,6-7,10-11H2,1H3,(H,19,20)/b9-8+. The molecule has 5 heteroatoms. The first-order valence-corrected chi connectivity index (χ1v) is 7.49. The van der Waals surface area contributed by atoms with Gasteiger partial charge in [-0.1, -0.05) is 41.9 Å². The summed E-state index contributed by atoms with van der Waals surface area (Å²) in [5.74, 6) is -0.598. The molecule has 116 valence electrons. The summed E-state index contributed by atoms with van der Waals surface area (Å²) < 4.78 is 4.50. The molecule has 1 aromatic carbocycles. The molecule has 0 saturated heterocycles. The van der Waals surface area contributed by atoms with Crippen LogP contribution in [0.5, 0.6) is 0 Å². The van der Waals surface area contributed by atoms with Crippen molar-refractivity contribution in [1.29, 1.82) is 0 Å². The topological polar surface area (TPSA) is 55.4 Å². The number of amides is 1. The van der Waals surface area contributed by atoms with Crippen LogP contribution >= 0.6 is 11.6 Å². The molecule has 1 aliphatic rings. The fourth-order valence-corrected chi connectivity index (χ4v) is 2.63. The normalized spacial score (nSPS) is 13.9. The predicted molar refractivity (Wildman–Crippen MR) is 86.3 cm³/mol. The number of halogens is 1. The lowest BCUT2D eigenvalue weighted by Gasteiger charge is -2.17. The number of rotatable bonds is 5. The molecule has 0 atom stereocenters. The highest BCUT2D eigenvalue weighted by Crippen LogP contribution is 2.34. The van der Waals surface area contributed by atoms with Crippen LogP contribution in [0.2, 0.25) is 0 Å². The minimum Gasteiger partial charge on any atom is -0.469 e. The van der Waals surface area contributed by atoms with Crippen LogP contribution in [0.25, 0.3) is 5.03 Å². The van der Waals surface area contributed by atoms with Gasteiger partial charge in [-0.2, -0.15) is 0 Å². The average Bonchev–Trinajstić information content (AvgIpc) is 2.54. The van der Waals surface area contributed by atoms with Gasteiger partial charge >= 0.3 is 5.97 Å². The number of carbonyl (C=O) groups is 2. The molecule has 0 unspecified atom stereocenters. The van der Waals surface area contributed by atoms with Gasteiger partial charge in [0, 0.05) is 12.6 Å². The predicted octanol–water partition coefficient (Wildman–Crippen LogP) is 2.82. The van der Waals surface area contributed by atoms with Crippen LogP contribution in [0.3, 0.4) is 0 Å². The third-order valence-electron chi connectivity index (χ3n) is 3.49. The lowest BCUT2D eigenvalue weighted by atomic mass is 9.92. The molecular weight excluding hydrogens is 302 g/mol. The van der Waals surface area contributed by atoms with Crippen molar-refractivity contribution in [2.75, 3.05) is 13.7 Å². The van der Waals surface area contributed by atoms with Gasteiger partial charge in [-0.25, -0.2) is 0 Å². The Balaban J connectivity index is 1.96. The maximum atomic E-state index is 11.7. The second-order valence-corrected chi connectivity index (χ2v) is 5.32. The Labute approximate surface area is 134 Å². The summed E-state index contributed by atoms with van der Waals surface area (Å²) in [5, 5.41) is 3.32. The number of carbonyl (C=O) groups excluding carboxylic acids is 2. The third kappa shape index (κ3) is 4.21. The SMILES string of the molecule is COC(=O)CCNC(=O)/C=C/C1=C(Cl)c2ccccc2CC1. The van der Waals surface area contributed by atoms with Gasteiger partial charge in [-0.3, -0.25) is 9.59 Å². The number of fused-ring (bicyclic) bond motifs is 1. The minimum absolute atomic E-state index is 0.160. The Bertz CT molecular complexity index is 635. The molecule has 2 rings (SSSR count). The number of allylic oxidation sites excluding steroid dienone is 2. The van der Waals surface area contributed by atoms with E-state index in [0.717, 1.165) is 24.0 Å². The lowest BCUT2D eigenvalue weighted by Crippen LogP contribution is -2.24. The molecule has 0 aliphatic heterocycles. The highest BCUT2D eigenvalue weighted by molar-refractivity contribution is 6.49. The fraction of sp³-hybridized carbons (Fsp3) is 0.294. The van der Waals surface area contributed by atoms with Crippen LogP contribution in [-0.4, -0.2) is 25.5 Å². The minimum atomic E-state index is -0.348. The van der Waals surface area contributed by atoms with E-state index in [1.165, 1.54) is 18.7 Å². The largest absolute Gasteiger partial charge is 0.469 e. The third-order valence-corrected chi connectivity index (χ3v) is 3.94. The van der Waals surface area contributed by atoms with E-state index in [4.69, 9.17) is 11.6 Å². The molecule has 0 spiro atoms. The number of benzene rings is 1. The van der Waals surface area contributed by atoms with Crippen LogP contribution in [0.4, 0.5) is 0 Å². The van der Waals surface area contributed by atoms with E-state index in [1.807, 2.05) is 18.2 Å². The molecule has 1 N–H and O–H groups in total. The van der Waals surface area contributed by atoms with E-state index < -0.39 is 0 Å². The van der Waals surface area contributed by atoms with Crippen molar-refractivity contribution in [3.8, 4) is 0 Å². The van der Waals surface area contributed by atoms with Gasteiger partial charge in [-0.15, -0.1) is 0 Å². The molecule has 0 aromatic heterocycles. The summed E-state index contributed by atoms with van der Waals surface area (Å²) in [7, 11) is 1.32. The highest BCUT2D eigenvalue weighted by Gasteiger charge is 2.15. The molecule has 1 aromatic rings. The number of nitrogens with one attached hydrogen (secondary N) is 1. The molecule has 4 nitrogen and oxygen atoms in total. The summed E-state index contributed by atoms with van der Waals surface area (Å²) in [4.78, 5) is 22.6. The number of ether oxygens (including phenoxy) is 1. The van der Waals surface area contributed by atoms with E-state index in [1.54, 1.807) is 6.08 Å². The van der Waals surface area contributed by atoms with E-state index in [2.05, 4.69) is 16.1 Å². The second-order valence-electron chi connectivity index (χ2n) is 4.95. The molecule has 0 fully saturated rings. The lowest BCUT2D eigenvalue weighted by molar-refractivity contribution is -0.140. The van der Waals surface area contributed by atoms with E-state index in [0.29, 0.717) is 5.03 Å². The molecule has 0 bridgehead atoms. The van der Waals surface area contributed by atoms with Crippen molar-refractivity contribution >= 4 is 28.5 Å². The molecule has 0 radical (unpaired) electrons. The first kappa shape index (κ1) is 16.3. The van der Waals surface area contributed by atoms with Crippen molar-refractivity contribution in [2.45, 2.75) is 19.3 Å². The highest BCUT2D eigenvalue weighted by atomic mass is 35.5. The van der Waals surface area contributed by atoms with Gasteiger partial charge in [0.05, 0.1) is 18.6 Å². The molecule has 1 aliphatic carbocycles. The van der Waals surface area contributed by atoms with Gasteiger partial charge in [-0.05, 0) is 29.5 Å². The molecular formula is C17H18ClNO3. The molecule has 0 heterocycles. The maximum Gasteiger partial charge on any atom is 0.307 e. The zero-order chi connectivity index (χ0) is 15.9. The van der Waals surface area contributed by atoms with Gasteiger partial charge in [0.1, 0.15) is 0 Å². The van der Waals surface area contributed by atoms with Crippen molar-refractivity contribution in [2.24, 2.45) is 0 Å². The van der Waals surface area contributed by atoms with Gasteiger partial charge in [0.15, 0.2) is 0 Å². The van der Waals surface area contributed by atoms with Crippen LogP contribution in [0.15, 0.2) is 42.0 Å². The quantitative estimate of drug-likeness (QED) is 0.670. The van der Waals surface area contributed by atoms with Crippen molar-refractivity contribution in [3.05, 3.63) is 53.1 Å². The first-order chi connectivity index (χ1) is 10.6. The van der Waals surface area contributed by atoms with Crippen molar-refractivity contribution in [1.82, 2.24) is 5.32 Å². The number of hydrogen-bond acceptors (Lipinski definition) is 3. The van der Waals surface area contributed by atoms with E-state index in [-0.39, 0.29) is 24.8 Å². The summed E-state index contributed by atoms with van der Waals surface area (Å²) in [6.45, 7) is 0.255. The Hall–Kier alpha value is -2.07. The summed E-state index contributed by atoms with van der Waals surface area (Å²) in [6.07, 6.45) is 5.07. The maximum absolute atomic E-state index is 11.7. The second kappa shape index (κ2) is 7.80. The Morgan fingerprint density at radius 2 is 2.09 bits per heavy atom. The van der Waals surface area contributed by atoms with E-state index >= 15 is 0 Å². The zero-order valence-electron chi connectivity index (χ0n) is 12.4. The summed E-state index contributed by atoms with van der Waals surface area (Å²) in [6, 6.07) is 8.00. The fourth-order valence-electron chi connectivity index (χ4n) is 2.29. The average molecular weight is 320 g/mol. The van der Waals surface area contributed by atoms with Gasteiger partial charge < -0.3 is 10.1 Å². The van der Waals surface area contributed by atoms with E-state index in [9.17, 15) is 9.59 Å². The van der Waals surface area contributed by atoms with Crippen molar-refractivity contribution in [3.63, 3.8) is 0 Å². The van der Waals surface area contributed by atoms with Crippen molar-refractivity contribution < 1.29 is 14.3 Å². The Morgan fingerprint density at radius 3 is 2.86 bits per heavy atom. The van der Waals surface area contributed by atoms with Gasteiger partial charge in [0.25, 0.3) is 0 Å². The van der Waals surface area contributed by atoms with Gasteiger partial charge in [0.2, 0.25) is 5.91 Å². The zero-order valence-corrected chi connectivity index (χ0v) is 13.2. The number of methoxy groups -OCH3 is 1. The smallest absolute Gasteiger partial charge is 0.307 e. The Kier molecular flexibility index (Phi) is 5.78. The molecule has 1 amide bonds. The number of esters is 1. The summed E-state index contributed by atoms with van der Waals surface area (Å²) in [5.41, 5.74) is 3.21. The van der Waals surface area contributed by atoms with Crippen LogP contribution in [-0.2, 0) is 20.7 Å². The molecule has 0 saturated carbocycles. The van der Waals surface area contributed by atoms with Crippen LogP contribution in [0.1, 0.15) is 24.0 Å². The summed E-state index contributed by atoms with van der Waals surface area (Å²) >= 11 is 6.40. The molecule has 22 heavy (non-hydrogen) atoms. The van der Waals surface area contributed by atoms with Crippen LogP contribution < -0.4 is 5.32 Å². The number of aryl methyl sites for hydroxylation is 1. The number of hydrogen-bond donors (Lipinski definition) is 1. The first-order valence-electron chi connectivity index (χ1n) is 7.11. The Morgan fingerprint density at radius 1 is 1.32 bits per heavy atom. The monoisotopic (exact) mass is 319 g/mol.